The van der Waals surface area contributed by atoms with Gasteiger partial charge >= 0.3 is 5.97 Å². The third kappa shape index (κ3) is 4.68. The zero-order valence-electron chi connectivity index (χ0n) is 18.3. The fourth-order valence-electron chi connectivity index (χ4n) is 4.82. The standard InChI is InChI=1S/C27H28FNO3/c1-32-25-13-5-4-12-24(25)23-11-3-2-9-21(23)17-27(26(30)31)14-7-15-29(19-27)18-20-8-6-10-22(28)16-20/h2-6,8-13,16H,7,14-15,17-19H2,1H3,(H,30,31). The molecule has 0 spiro atoms. The van der Waals surface area contributed by atoms with Crippen LogP contribution in [0.4, 0.5) is 4.39 Å². The molecule has 1 N–H and O–H groups in total. The van der Waals surface area contributed by atoms with Gasteiger partial charge in [-0.25, -0.2) is 4.39 Å². The molecule has 0 amide bonds. The number of hydrogen-bond acceptors (Lipinski definition) is 3. The smallest absolute Gasteiger partial charge is 0.311 e. The van der Waals surface area contributed by atoms with Crippen molar-refractivity contribution in [3.8, 4) is 16.9 Å². The average Bonchev–Trinajstić information content (AvgIpc) is 2.79. The minimum atomic E-state index is -0.899. The van der Waals surface area contributed by atoms with E-state index in [1.54, 1.807) is 13.2 Å². The molecular weight excluding hydrogens is 405 g/mol. The van der Waals surface area contributed by atoms with Gasteiger partial charge < -0.3 is 9.84 Å². The summed E-state index contributed by atoms with van der Waals surface area (Å²) in [6, 6.07) is 22.3. The van der Waals surface area contributed by atoms with Crippen molar-refractivity contribution in [2.45, 2.75) is 25.8 Å². The predicted octanol–water partition coefficient (Wildman–Crippen LogP) is 5.41. The summed E-state index contributed by atoms with van der Waals surface area (Å²) in [6.45, 7) is 1.78. The molecule has 0 bridgehead atoms. The molecule has 3 aromatic rings. The first-order valence-electron chi connectivity index (χ1n) is 10.9. The van der Waals surface area contributed by atoms with Crippen LogP contribution in [0.5, 0.6) is 5.75 Å². The Kier molecular flexibility index (Phi) is 6.56. The second kappa shape index (κ2) is 9.53. The van der Waals surface area contributed by atoms with Crippen LogP contribution in [0.3, 0.4) is 0 Å². The topological polar surface area (TPSA) is 49.8 Å². The van der Waals surface area contributed by atoms with Gasteiger partial charge in [0, 0.05) is 18.7 Å². The van der Waals surface area contributed by atoms with Crippen molar-refractivity contribution in [3.05, 3.63) is 89.7 Å². The quantitative estimate of drug-likeness (QED) is 0.541. The Hall–Kier alpha value is -3.18. The minimum absolute atomic E-state index is 0.269. The van der Waals surface area contributed by atoms with E-state index in [1.165, 1.54) is 12.1 Å². The molecule has 0 aromatic heterocycles. The predicted molar refractivity (Wildman–Crippen MR) is 123 cm³/mol. The van der Waals surface area contributed by atoms with E-state index in [4.69, 9.17) is 4.74 Å². The Morgan fingerprint density at radius 3 is 2.56 bits per heavy atom. The lowest BCUT2D eigenvalue weighted by molar-refractivity contribution is -0.152. The van der Waals surface area contributed by atoms with Gasteiger partial charge in [-0.15, -0.1) is 0 Å². The summed E-state index contributed by atoms with van der Waals surface area (Å²) in [6.07, 6.45) is 1.83. The lowest BCUT2D eigenvalue weighted by atomic mass is 9.74. The Morgan fingerprint density at radius 2 is 1.81 bits per heavy atom. The zero-order valence-corrected chi connectivity index (χ0v) is 18.3. The van der Waals surface area contributed by atoms with Crippen LogP contribution >= 0.6 is 0 Å². The van der Waals surface area contributed by atoms with Crippen LogP contribution in [-0.4, -0.2) is 36.2 Å². The van der Waals surface area contributed by atoms with Gasteiger partial charge in [-0.1, -0.05) is 54.6 Å². The van der Waals surface area contributed by atoms with Crippen LogP contribution in [0.2, 0.25) is 0 Å². The Bertz CT molecular complexity index is 1100. The highest BCUT2D eigenvalue weighted by Crippen LogP contribution is 2.39. The summed E-state index contributed by atoms with van der Waals surface area (Å²) in [5.74, 6) is -0.285. The van der Waals surface area contributed by atoms with Crippen molar-refractivity contribution in [3.63, 3.8) is 0 Å². The van der Waals surface area contributed by atoms with Crippen molar-refractivity contribution < 1.29 is 19.0 Å². The van der Waals surface area contributed by atoms with Gasteiger partial charge in [-0.2, -0.15) is 0 Å². The summed E-state index contributed by atoms with van der Waals surface area (Å²) >= 11 is 0. The van der Waals surface area contributed by atoms with Crippen LogP contribution in [0, 0.1) is 11.2 Å². The molecule has 1 atom stereocenters. The molecule has 1 aliphatic heterocycles. The second-order valence-corrected chi connectivity index (χ2v) is 8.56. The molecule has 1 heterocycles. The number of hydrogen-bond donors (Lipinski definition) is 1. The normalized spacial score (nSPS) is 18.9. The fourth-order valence-corrected chi connectivity index (χ4v) is 4.82. The van der Waals surface area contributed by atoms with Crippen LogP contribution in [-0.2, 0) is 17.8 Å². The highest BCUT2D eigenvalue weighted by Gasteiger charge is 2.42. The SMILES string of the molecule is COc1ccccc1-c1ccccc1CC1(C(=O)O)CCCN(Cc2cccc(F)c2)C1. The highest BCUT2D eigenvalue weighted by atomic mass is 19.1. The number of ether oxygens (including phenoxy) is 1. The number of rotatable bonds is 7. The molecular formula is C27H28FNO3. The number of para-hydroxylation sites is 1. The molecule has 0 aliphatic carbocycles. The summed E-state index contributed by atoms with van der Waals surface area (Å²) in [4.78, 5) is 14.7. The lowest BCUT2D eigenvalue weighted by Crippen LogP contribution is -2.48. The number of methoxy groups -OCH3 is 1. The lowest BCUT2D eigenvalue weighted by Gasteiger charge is -2.40. The van der Waals surface area contributed by atoms with E-state index in [0.29, 0.717) is 25.9 Å². The first kappa shape index (κ1) is 22.0. The van der Waals surface area contributed by atoms with Crippen LogP contribution in [0.15, 0.2) is 72.8 Å². The van der Waals surface area contributed by atoms with Gasteiger partial charge in [-0.3, -0.25) is 9.69 Å². The number of carbonyl (C=O) groups is 1. The van der Waals surface area contributed by atoms with Gasteiger partial charge in [0.25, 0.3) is 0 Å². The largest absolute Gasteiger partial charge is 0.496 e. The van der Waals surface area contributed by atoms with Crippen molar-refractivity contribution in [1.82, 2.24) is 4.90 Å². The third-order valence-corrected chi connectivity index (χ3v) is 6.35. The van der Waals surface area contributed by atoms with E-state index in [9.17, 15) is 14.3 Å². The Morgan fingerprint density at radius 1 is 1.06 bits per heavy atom. The number of benzene rings is 3. The summed E-state index contributed by atoms with van der Waals surface area (Å²) in [7, 11) is 1.64. The maximum Gasteiger partial charge on any atom is 0.311 e. The van der Waals surface area contributed by atoms with Crippen LogP contribution in [0.1, 0.15) is 24.0 Å². The van der Waals surface area contributed by atoms with Gasteiger partial charge in [0.15, 0.2) is 0 Å². The number of aliphatic carboxylic acids is 1. The first-order chi connectivity index (χ1) is 15.5. The molecule has 32 heavy (non-hydrogen) atoms. The van der Waals surface area contributed by atoms with Crippen LogP contribution < -0.4 is 4.74 Å². The number of likely N-dealkylation sites (tertiary alicyclic amines) is 1. The molecule has 4 nitrogen and oxygen atoms in total. The molecule has 4 rings (SSSR count). The number of carboxylic acid groups (broad SMARTS) is 1. The van der Waals surface area contributed by atoms with Crippen molar-refractivity contribution in [1.29, 1.82) is 0 Å². The Labute approximate surface area is 188 Å². The van der Waals surface area contributed by atoms with Crippen molar-refractivity contribution >= 4 is 5.97 Å². The third-order valence-electron chi connectivity index (χ3n) is 6.35. The van der Waals surface area contributed by atoms with Crippen molar-refractivity contribution in [2.24, 2.45) is 5.41 Å². The monoisotopic (exact) mass is 433 g/mol. The van der Waals surface area contributed by atoms with E-state index in [0.717, 1.165) is 41.0 Å². The molecule has 0 radical (unpaired) electrons. The molecule has 1 aliphatic rings. The number of carboxylic acids is 1. The molecule has 1 unspecified atom stereocenters. The van der Waals surface area contributed by atoms with Crippen LogP contribution in [0.25, 0.3) is 11.1 Å². The summed E-state index contributed by atoms with van der Waals surface area (Å²) in [5, 5.41) is 10.3. The van der Waals surface area contributed by atoms with Gasteiger partial charge in [-0.05, 0) is 60.7 Å². The van der Waals surface area contributed by atoms with E-state index < -0.39 is 11.4 Å². The molecule has 5 heteroatoms. The van der Waals surface area contributed by atoms with Crippen molar-refractivity contribution in [2.75, 3.05) is 20.2 Å². The Balaban J connectivity index is 1.63. The molecule has 1 fully saturated rings. The second-order valence-electron chi connectivity index (χ2n) is 8.56. The maximum atomic E-state index is 13.6. The maximum absolute atomic E-state index is 13.6. The minimum Gasteiger partial charge on any atom is -0.496 e. The summed E-state index contributed by atoms with van der Waals surface area (Å²) < 4.78 is 19.2. The van der Waals surface area contributed by atoms with E-state index in [1.807, 2.05) is 54.6 Å². The van der Waals surface area contributed by atoms with E-state index in [2.05, 4.69) is 4.90 Å². The highest BCUT2D eigenvalue weighted by molar-refractivity contribution is 5.78. The number of piperidine rings is 1. The first-order valence-corrected chi connectivity index (χ1v) is 10.9. The molecule has 166 valence electrons. The number of nitrogens with zero attached hydrogens (tertiary/aromatic N) is 1. The van der Waals surface area contributed by atoms with Gasteiger partial charge in [0.1, 0.15) is 11.6 Å². The zero-order chi connectivity index (χ0) is 22.6. The summed E-state index contributed by atoms with van der Waals surface area (Å²) in [5.41, 5.74) is 2.91. The van der Waals surface area contributed by atoms with Gasteiger partial charge in [0.05, 0.1) is 12.5 Å². The average molecular weight is 434 g/mol. The molecule has 0 saturated carbocycles. The van der Waals surface area contributed by atoms with E-state index in [-0.39, 0.29) is 5.82 Å². The van der Waals surface area contributed by atoms with E-state index >= 15 is 0 Å². The molecule has 3 aromatic carbocycles. The molecule has 1 saturated heterocycles. The number of halogens is 1. The van der Waals surface area contributed by atoms with Gasteiger partial charge in [0.2, 0.25) is 0 Å². The fraction of sp³-hybridized carbons (Fsp3) is 0.296.